The molecule has 0 spiro atoms. The van der Waals surface area contributed by atoms with E-state index in [1.807, 2.05) is 25.1 Å². The van der Waals surface area contributed by atoms with Gasteiger partial charge in [-0.3, -0.25) is 0 Å². The summed E-state index contributed by atoms with van der Waals surface area (Å²) in [6.45, 7) is 3.73. The molecular formula is C13H16N2O2. The molecule has 1 unspecified atom stereocenters. The minimum atomic E-state index is 0.467. The van der Waals surface area contributed by atoms with Crippen LogP contribution in [0.4, 0.5) is 0 Å². The summed E-state index contributed by atoms with van der Waals surface area (Å²) >= 11 is 0. The van der Waals surface area contributed by atoms with Gasteiger partial charge in [0.15, 0.2) is 5.75 Å². The van der Waals surface area contributed by atoms with Crippen molar-refractivity contribution < 1.29 is 9.26 Å². The van der Waals surface area contributed by atoms with Gasteiger partial charge in [0.1, 0.15) is 6.61 Å². The fraction of sp³-hybridized carbons (Fsp3) is 0.462. The van der Waals surface area contributed by atoms with E-state index in [2.05, 4.69) is 10.5 Å². The van der Waals surface area contributed by atoms with Gasteiger partial charge in [-0.1, -0.05) is 11.2 Å². The molecule has 1 saturated heterocycles. The van der Waals surface area contributed by atoms with E-state index in [0.717, 1.165) is 29.0 Å². The van der Waals surface area contributed by atoms with Gasteiger partial charge in [0, 0.05) is 11.4 Å². The molecule has 17 heavy (non-hydrogen) atoms. The lowest BCUT2D eigenvalue weighted by molar-refractivity contribution is 0.274. The molecule has 0 amide bonds. The van der Waals surface area contributed by atoms with E-state index in [1.54, 1.807) is 0 Å². The Labute approximate surface area is 99.9 Å². The molecule has 3 rings (SSSR count). The number of ether oxygens (including phenoxy) is 1. The molecule has 1 aliphatic rings. The number of para-hydroxylation sites is 1. The van der Waals surface area contributed by atoms with Crippen molar-refractivity contribution in [1.82, 2.24) is 10.5 Å². The number of aryl methyl sites for hydroxylation is 1. The quantitative estimate of drug-likeness (QED) is 0.881. The molecule has 1 fully saturated rings. The molecule has 4 heteroatoms. The van der Waals surface area contributed by atoms with Gasteiger partial charge >= 0.3 is 0 Å². The largest absolute Gasteiger partial charge is 0.488 e. The second-order valence-electron chi connectivity index (χ2n) is 4.51. The second kappa shape index (κ2) is 4.37. The predicted molar refractivity (Wildman–Crippen MR) is 65.3 cm³/mol. The fourth-order valence-corrected chi connectivity index (χ4v) is 2.26. The van der Waals surface area contributed by atoms with Gasteiger partial charge in [-0.15, -0.1) is 0 Å². The van der Waals surface area contributed by atoms with Crippen LogP contribution in [0.5, 0.6) is 5.75 Å². The van der Waals surface area contributed by atoms with E-state index < -0.39 is 0 Å². The number of benzene rings is 1. The highest BCUT2D eigenvalue weighted by molar-refractivity contribution is 5.84. The van der Waals surface area contributed by atoms with Crippen molar-refractivity contribution in [2.45, 2.75) is 25.8 Å². The molecule has 0 bridgehead atoms. The summed E-state index contributed by atoms with van der Waals surface area (Å²) < 4.78 is 11.1. The Balaban J connectivity index is 1.79. The van der Waals surface area contributed by atoms with Crippen molar-refractivity contribution in [3.63, 3.8) is 0 Å². The number of nitrogens with zero attached hydrogens (tertiary/aromatic N) is 1. The van der Waals surface area contributed by atoms with Crippen LogP contribution >= 0.6 is 0 Å². The average Bonchev–Trinajstić information content (AvgIpc) is 2.97. The van der Waals surface area contributed by atoms with Crippen LogP contribution in [0.3, 0.4) is 0 Å². The molecule has 1 atom stereocenters. The molecule has 90 valence electrons. The summed E-state index contributed by atoms with van der Waals surface area (Å²) in [5, 5.41) is 8.40. The van der Waals surface area contributed by atoms with Gasteiger partial charge < -0.3 is 14.6 Å². The van der Waals surface area contributed by atoms with Crippen molar-refractivity contribution >= 4 is 11.0 Å². The maximum Gasteiger partial charge on any atom is 0.208 e. The topological polar surface area (TPSA) is 47.3 Å². The first-order valence-corrected chi connectivity index (χ1v) is 6.06. The smallest absolute Gasteiger partial charge is 0.208 e. The lowest BCUT2D eigenvalue weighted by atomic mass is 10.2. The Morgan fingerprint density at radius 2 is 2.47 bits per heavy atom. The van der Waals surface area contributed by atoms with Crippen LogP contribution in [0.1, 0.15) is 18.5 Å². The highest BCUT2D eigenvalue weighted by atomic mass is 16.5. The zero-order valence-electron chi connectivity index (χ0n) is 9.90. The van der Waals surface area contributed by atoms with Gasteiger partial charge in [0.2, 0.25) is 5.58 Å². The Morgan fingerprint density at radius 1 is 1.53 bits per heavy atom. The third-order valence-electron chi connectivity index (χ3n) is 3.24. The maximum absolute atomic E-state index is 5.82. The molecule has 0 saturated carbocycles. The van der Waals surface area contributed by atoms with Gasteiger partial charge in [-0.25, -0.2) is 0 Å². The standard InChI is InChI=1S/C13H16N2O2/c1-9-11-5-2-6-12(13(11)17-15-9)16-8-10-4-3-7-14-10/h2,5-6,10,14H,3-4,7-8H2,1H3. The SMILES string of the molecule is Cc1noc2c(OCC3CCCN3)cccc12. The summed E-state index contributed by atoms with van der Waals surface area (Å²) in [7, 11) is 0. The van der Waals surface area contributed by atoms with Crippen LogP contribution in [0, 0.1) is 6.92 Å². The minimum absolute atomic E-state index is 0.467. The number of hydrogen-bond acceptors (Lipinski definition) is 4. The normalized spacial score (nSPS) is 19.9. The molecule has 0 radical (unpaired) electrons. The molecule has 0 aliphatic carbocycles. The third kappa shape index (κ3) is 2.00. The lowest BCUT2D eigenvalue weighted by Gasteiger charge is -2.11. The second-order valence-corrected chi connectivity index (χ2v) is 4.51. The number of fused-ring (bicyclic) bond motifs is 1. The van der Waals surface area contributed by atoms with Crippen LogP contribution in [-0.2, 0) is 0 Å². The zero-order chi connectivity index (χ0) is 11.7. The summed E-state index contributed by atoms with van der Waals surface area (Å²) in [4.78, 5) is 0. The van der Waals surface area contributed by atoms with Crippen molar-refractivity contribution in [2.24, 2.45) is 0 Å². The monoisotopic (exact) mass is 232 g/mol. The van der Waals surface area contributed by atoms with E-state index in [-0.39, 0.29) is 0 Å². The van der Waals surface area contributed by atoms with E-state index >= 15 is 0 Å². The van der Waals surface area contributed by atoms with Gasteiger partial charge in [0.25, 0.3) is 0 Å². The Bertz CT molecular complexity index is 515. The number of rotatable bonds is 3. The fourth-order valence-electron chi connectivity index (χ4n) is 2.26. The van der Waals surface area contributed by atoms with Crippen molar-refractivity contribution in [1.29, 1.82) is 0 Å². The highest BCUT2D eigenvalue weighted by Gasteiger charge is 2.16. The van der Waals surface area contributed by atoms with Gasteiger partial charge in [0.05, 0.1) is 5.69 Å². The molecule has 1 aromatic heterocycles. The molecule has 4 nitrogen and oxygen atoms in total. The van der Waals surface area contributed by atoms with Gasteiger partial charge in [-0.2, -0.15) is 0 Å². The first-order valence-electron chi connectivity index (χ1n) is 6.06. The molecule has 1 aromatic carbocycles. The molecule has 2 aromatic rings. The maximum atomic E-state index is 5.82. The van der Waals surface area contributed by atoms with E-state index in [9.17, 15) is 0 Å². The Kier molecular flexibility index (Phi) is 2.73. The average molecular weight is 232 g/mol. The predicted octanol–water partition coefficient (Wildman–Crippen LogP) is 2.27. The highest BCUT2D eigenvalue weighted by Crippen LogP contribution is 2.27. The molecular weight excluding hydrogens is 216 g/mol. The van der Waals surface area contributed by atoms with Gasteiger partial charge in [-0.05, 0) is 38.4 Å². The summed E-state index contributed by atoms with van der Waals surface area (Å²) in [6, 6.07) is 6.38. The Hall–Kier alpha value is -1.55. The van der Waals surface area contributed by atoms with E-state index in [1.165, 1.54) is 12.8 Å². The minimum Gasteiger partial charge on any atom is -0.488 e. The molecule has 1 N–H and O–H groups in total. The van der Waals surface area contributed by atoms with Crippen LogP contribution in [0.15, 0.2) is 22.7 Å². The van der Waals surface area contributed by atoms with Crippen LogP contribution in [0.25, 0.3) is 11.0 Å². The van der Waals surface area contributed by atoms with Crippen LogP contribution < -0.4 is 10.1 Å². The van der Waals surface area contributed by atoms with E-state index in [4.69, 9.17) is 9.26 Å². The summed E-state index contributed by atoms with van der Waals surface area (Å²) in [5.41, 5.74) is 1.66. The number of hydrogen-bond donors (Lipinski definition) is 1. The van der Waals surface area contributed by atoms with Crippen molar-refractivity contribution in [3.05, 3.63) is 23.9 Å². The molecule has 2 heterocycles. The number of aromatic nitrogens is 1. The summed E-state index contributed by atoms with van der Waals surface area (Å²) in [5.74, 6) is 0.789. The number of nitrogens with one attached hydrogen (secondary N) is 1. The molecule has 1 aliphatic heterocycles. The zero-order valence-corrected chi connectivity index (χ0v) is 9.90. The van der Waals surface area contributed by atoms with Crippen LogP contribution in [0.2, 0.25) is 0 Å². The lowest BCUT2D eigenvalue weighted by Crippen LogP contribution is -2.28. The first-order chi connectivity index (χ1) is 8.34. The van der Waals surface area contributed by atoms with Crippen molar-refractivity contribution in [3.8, 4) is 5.75 Å². The third-order valence-corrected chi connectivity index (χ3v) is 3.24. The first kappa shape index (κ1) is 10.6. The van der Waals surface area contributed by atoms with Crippen LogP contribution in [-0.4, -0.2) is 24.4 Å². The summed E-state index contributed by atoms with van der Waals surface area (Å²) in [6.07, 6.45) is 2.42. The van der Waals surface area contributed by atoms with Crippen molar-refractivity contribution in [2.75, 3.05) is 13.2 Å². The Morgan fingerprint density at radius 3 is 3.29 bits per heavy atom. The van der Waals surface area contributed by atoms with E-state index in [0.29, 0.717) is 12.6 Å².